The first kappa shape index (κ1) is 14.9. The summed E-state index contributed by atoms with van der Waals surface area (Å²) in [7, 11) is 0. The Hall–Kier alpha value is -2.41. The lowest BCUT2D eigenvalue weighted by atomic mass is 9.91. The zero-order chi connectivity index (χ0) is 17.1. The molecule has 0 spiro atoms. The molecule has 1 saturated carbocycles. The predicted molar refractivity (Wildman–Crippen MR) is 92.1 cm³/mol. The van der Waals surface area contributed by atoms with E-state index in [0.29, 0.717) is 17.0 Å². The number of hydrogen-bond acceptors (Lipinski definition) is 3. The Morgan fingerprint density at radius 1 is 1.24 bits per heavy atom. The standard InChI is InChI=1S/C18H20FN5O/c19-11-7-13(17(20)25)16-15(8-11)22-18-14(9-21-24(16)18)10-3-5-23(6-4-10)12-1-2-12/h7-10,12,21H,1-6H2,(H2,20,25). The van der Waals surface area contributed by atoms with Crippen molar-refractivity contribution >= 4 is 22.6 Å². The van der Waals surface area contributed by atoms with Crippen LogP contribution >= 0.6 is 0 Å². The molecule has 3 heterocycles. The number of carbonyl (C=O) groups excluding carboxylic acids is 1. The molecule has 2 aromatic heterocycles. The highest BCUT2D eigenvalue weighted by atomic mass is 19.1. The Morgan fingerprint density at radius 2 is 2.00 bits per heavy atom. The molecule has 0 unspecified atom stereocenters. The number of aromatic amines is 1. The molecule has 7 heteroatoms. The second kappa shape index (κ2) is 5.29. The van der Waals surface area contributed by atoms with Gasteiger partial charge in [0.15, 0.2) is 5.65 Å². The molecule has 2 fully saturated rings. The van der Waals surface area contributed by atoms with Crippen LogP contribution in [0.1, 0.15) is 47.5 Å². The van der Waals surface area contributed by atoms with Crippen LogP contribution in [0.15, 0.2) is 18.3 Å². The lowest BCUT2D eigenvalue weighted by Gasteiger charge is -2.31. The second-order valence-electron chi connectivity index (χ2n) is 7.23. The van der Waals surface area contributed by atoms with Crippen molar-refractivity contribution in [1.29, 1.82) is 0 Å². The van der Waals surface area contributed by atoms with E-state index in [4.69, 9.17) is 5.73 Å². The number of amides is 1. The molecule has 0 atom stereocenters. The number of primary amides is 1. The van der Waals surface area contributed by atoms with Gasteiger partial charge in [-0.1, -0.05) is 0 Å². The molecule has 6 nitrogen and oxygen atoms in total. The molecule has 0 bridgehead atoms. The first-order valence-electron chi connectivity index (χ1n) is 8.84. The molecular formula is C18H20FN5O. The van der Waals surface area contributed by atoms with Gasteiger partial charge >= 0.3 is 0 Å². The number of likely N-dealkylation sites (tertiary alicyclic amines) is 1. The highest BCUT2D eigenvalue weighted by Crippen LogP contribution is 2.36. The molecule has 1 saturated heterocycles. The quantitative estimate of drug-likeness (QED) is 0.768. The normalized spacial score (nSPS) is 19.9. The number of nitrogens with zero attached hydrogens (tertiary/aromatic N) is 3. The number of fused-ring (bicyclic) bond motifs is 3. The molecule has 1 aliphatic carbocycles. The van der Waals surface area contributed by atoms with Crippen LogP contribution in [0.3, 0.4) is 0 Å². The predicted octanol–water partition coefficient (Wildman–Crippen LogP) is 2.40. The number of nitrogens with two attached hydrogens (primary N) is 1. The van der Waals surface area contributed by atoms with Gasteiger partial charge in [0.1, 0.15) is 11.3 Å². The van der Waals surface area contributed by atoms with E-state index in [0.717, 1.165) is 43.2 Å². The van der Waals surface area contributed by atoms with Gasteiger partial charge in [-0.15, -0.1) is 0 Å². The summed E-state index contributed by atoms with van der Waals surface area (Å²) in [6.45, 7) is 2.24. The van der Waals surface area contributed by atoms with E-state index in [-0.39, 0.29) is 5.56 Å². The first-order valence-corrected chi connectivity index (χ1v) is 8.84. The SMILES string of the molecule is NC(=O)c1cc(F)cc2nc3c(C4CCN(C5CC5)CC4)c[nH]n3c12. The number of hydrogen-bond donors (Lipinski definition) is 2. The lowest BCUT2D eigenvalue weighted by Crippen LogP contribution is -2.34. The fourth-order valence-corrected chi connectivity index (χ4v) is 4.20. The van der Waals surface area contributed by atoms with Crippen LogP contribution in [-0.4, -0.2) is 44.5 Å². The number of benzene rings is 1. The summed E-state index contributed by atoms with van der Waals surface area (Å²) in [5.74, 6) is -0.719. The van der Waals surface area contributed by atoms with Gasteiger partial charge in [-0.25, -0.2) is 13.9 Å². The van der Waals surface area contributed by atoms with E-state index >= 15 is 0 Å². The topological polar surface area (TPSA) is 79.4 Å². The molecule has 1 aliphatic heterocycles. The monoisotopic (exact) mass is 341 g/mol. The molecule has 3 N–H and O–H groups in total. The van der Waals surface area contributed by atoms with Crippen LogP contribution in [0.25, 0.3) is 16.7 Å². The van der Waals surface area contributed by atoms with Crippen molar-refractivity contribution < 1.29 is 9.18 Å². The van der Waals surface area contributed by atoms with Gasteiger partial charge in [-0.3, -0.25) is 9.89 Å². The van der Waals surface area contributed by atoms with Gasteiger partial charge in [0.25, 0.3) is 5.91 Å². The van der Waals surface area contributed by atoms with Crippen molar-refractivity contribution in [2.75, 3.05) is 13.1 Å². The molecular weight excluding hydrogens is 321 g/mol. The Morgan fingerprint density at radius 3 is 2.68 bits per heavy atom. The van der Waals surface area contributed by atoms with Gasteiger partial charge in [-0.05, 0) is 50.8 Å². The van der Waals surface area contributed by atoms with Gasteiger partial charge in [-0.2, -0.15) is 0 Å². The van der Waals surface area contributed by atoms with Crippen LogP contribution in [0.4, 0.5) is 4.39 Å². The van der Waals surface area contributed by atoms with Crippen molar-refractivity contribution in [3.63, 3.8) is 0 Å². The third-order valence-corrected chi connectivity index (χ3v) is 5.62. The number of carbonyl (C=O) groups is 1. The van der Waals surface area contributed by atoms with E-state index in [9.17, 15) is 9.18 Å². The van der Waals surface area contributed by atoms with Crippen LogP contribution in [-0.2, 0) is 0 Å². The fraction of sp³-hybridized carbons (Fsp3) is 0.444. The van der Waals surface area contributed by atoms with Crippen LogP contribution in [0, 0.1) is 5.82 Å². The number of imidazole rings is 1. The molecule has 2 aliphatic rings. The zero-order valence-electron chi connectivity index (χ0n) is 13.8. The maximum Gasteiger partial charge on any atom is 0.251 e. The molecule has 3 aromatic rings. The van der Waals surface area contributed by atoms with E-state index in [2.05, 4.69) is 15.0 Å². The lowest BCUT2D eigenvalue weighted by molar-refractivity contribution is 0.100. The number of piperidine rings is 1. The number of H-pyrrole nitrogens is 1. The first-order chi connectivity index (χ1) is 12.1. The van der Waals surface area contributed by atoms with Crippen LogP contribution in [0.2, 0.25) is 0 Å². The summed E-state index contributed by atoms with van der Waals surface area (Å²) in [6.07, 6.45) is 6.85. The fourth-order valence-electron chi connectivity index (χ4n) is 4.20. The van der Waals surface area contributed by atoms with E-state index in [1.54, 1.807) is 4.52 Å². The molecule has 0 radical (unpaired) electrons. The van der Waals surface area contributed by atoms with E-state index in [1.165, 1.54) is 25.0 Å². The average Bonchev–Trinajstić information content (AvgIpc) is 3.27. The van der Waals surface area contributed by atoms with Crippen molar-refractivity contribution in [2.24, 2.45) is 5.73 Å². The van der Waals surface area contributed by atoms with Gasteiger partial charge < -0.3 is 10.6 Å². The van der Waals surface area contributed by atoms with Crippen LogP contribution < -0.4 is 5.73 Å². The van der Waals surface area contributed by atoms with Crippen molar-refractivity contribution in [1.82, 2.24) is 19.5 Å². The minimum Gasteiger partial charge on any atom is -0.366 e. The second-order valence-corrected chi connectivity index (χ2v) is 7.23. The Kier molecular flexibility index (Phi) is 3.15. The third kappa shape index (κ3) is 2.33. The van der Waals surface area contributed by atoms with Crippen molar-refractivity contribution in [3.05, 3.63) is 35.3 Å². The minimum absolute atomic E-state index is 0.152. The summed E-state index contributed by atoms with van der Waals surface area (Å²) in [5.41, 5.74) is 8.50. The Bertz CT molecular complexity index is 978. The highest BCUT2D eigenvalue weighted by Gasteiger charge is 2.33. The van der Waals surface area contributed by atoms with Crippen molar-refractivity contribution in [3.8, 4) is 0 Å². The summed E-state index contributed by atoms with van der Waals surface area (Å²) < 4.78 is 15.6. The molecule has 25 heavy (non-hydrogen) atoms. The number of aromatic nitrogens is 3. The van der Waals surface area contributed by atoms with Gasteiger partial charge in [0.05, 0.1) is 11.1 Å². The van der Waals surface area contributed by atoms with Gasteiger partial charge in [0.2, 0.25) is 0 Å². The maximum absolute atomic E-state index is 13.8. The Labute approximate surface area is 143 Å². The maximum atomic E-state index is 13.8. The number of rotatable bonds is 3. The average molecular weight is 341 g/mol. The number of nitrogens with one attached hydrogen (secondary N) is 1. The molecule has 130 valence electrons. The largest absolute Gasteiger partial charge is 0.366 e. The summed E-state index contributed by atoms with van der Waals surface area (Å²) in [6, 6.07) is 3.33. The zero-order valence-corrected chi connectivity index (χ0v) is 13.8. The Balaban J connectivity index is 1.56. The van der Waals surface area contributed by atoms with E-state index in [1.807, 2.05) is 6.20 Å². The smallest absolute Gasteiger partial charge is 0.251 e. The van der Waals surface area contributed by atoms with Gasteiger partial charge in [0, 0.05) is 23.9 Å². The number of halogens is 1. The van der Waals surface area contributed by atoms with E-state index < -0.39 is 11.7 Å². The summed E-state index contributed by atoms with van der Waals surface area (Å²) >= 11 is 0. The highest BCUT2D eigenvalue weighted by molar-refractivity contribution is 6.05. The third-order valence-electron chi connectivity index (χ3n) is 5.62. The van der Waals surface area contributed by atoms with Crippen LogP contribution in [0.5, 0.6) is 0 Å². The molecule has 1 aromatic carbocycles. The molecule has 1 amide bonds. The summed E-state index contributed by atoms with van der Waals surface area (Å²) in [5, 5.41) is 3.18. The minimum atomic E-state index is -0.653. The summed E-state index contributed by atoms with van der Waals surface area (Å²) in [4.78, 5) is 18.9. The van der Waals surface area contributed by atoms with Crippen molar-refractivity contribution in [2.45, 2.75) is 37.6 Å². The molecule has 5 rings (SSSR count).